The Labute approximate surface area is 168 Å². The van der Waals surface area contributed by atoms with Gasteiger partial charge in [-0.1, -0.05) is 53.5 Å². The average molecular weight is 404 g/mol. The van der Waals surface area contributed by atoms with Crippen molar-refractivity contribution >= 4 is 34.8 Å². The van der Waals surface area contributed by atoms with Crippen LogP contribution in [0.1, 0.15) is 18.0 Å². The molecule has 0 fully saturated rings. The van der Waals surface area contributed by atoms with Crippen molar-refractivity contribution in [2.45, 2.75) is 19.0 Å². The Morgan fingerprint density at radius 1 is 1.15 bits per heavy atom. The number of hydrogen-bond donors (Lipinski definition) is 2. The number of benzene rings is 2. The lowest BCUT2D eigenvalue weighted by atomic mass is 10.1. The van der Waals surface area contributed by atoms with Crippen LogP contribution in [0.15, 0.2) is 67.3 Å². The summed E-state index contributed by atoms with van der Waals surface area (Å²) in [5.74, 6) is -0.109. The van der Waals surface area contributed by atoms with E-state index in [0.717, 1.165) is 25.1 Å². The number of imidazole rings is 1. The van der Waals surface area contributed by atoms with E-state index in [1.54, 1.807) is 30.7 Å². The van der Waals surface area contributed by atoms with Gasteiger partial charge in [-0.2, -0.15) is 0 Å². The minimum Gasteiger partial charge on any atom is -0.337 e. The van der Waals surface area contributed by atoms with Gasteiger partial charge in [0.25, 0.3) is 5.91 Å². The van der Waals surface area contributed by atoms with Crippen LogP contribution >= 0.6 is 23.2 Å². The van der Waals surface area contributed by atoms with E-state index in [2.05, 4.69) is 10.3 Å². The maximum Gasteiger partial charge on any atom is 0.287 e. The summed E-state index contributed by atoms with van der Waals surface area (Å²) in [6, 6.07) is 14.4. The summed E-state index contributed by atoms with van der Waals surface area (Å²) in [7, 11) is 0. The van der Waals surface area contributed by atoms with Crippen LogP contribution in [0.2, 0.25) is 10.0 Å². The number of halogens is 2. The molecule has 3 aromatic rings. The minimum absolute atomic E-state index is 0.109. The maximum atomic E-state index is 12.9. The van der Waals surface area contributed by atoms with Crippen LogP contribution < -0.4 is 10.6 Å². The van der Waals surface area contributed by atoms with Gasteiger partial charge in [-0.15, -0.1) is 0 Å². The molecule has 1 aromatic heterocycles. The van der Waals surface area contributed by atoms with E-state index >= 15 is 0 Å². The summed E-state index contributed by atoms with van der Waals surface area (Å²) < 4.78 is 2.03. The number of carbonyl (C=O) groups is 1. The lowest BCUT2D eigenvalue weighted by Crippen LogP contribution is -2.87. The zero-order valence-electron chi connectivity index (χ0n) is 14.7. The molecule has 0 radical (unpaired) electrons. The van der Waals surface area contributed by atoms with E-state index in [4.69, 9.17) is 23.2 Å². The fraction of sp³-hybridized carbons (Fsp3) is 0.200. The molecule has 1 heterocycles. The Balaban J connectivity index is 1.66. The average Bonchev–Trinajstić information content (AvgIpc) is 3.15. The van der Waals surface area contributed by atoms with Crippen molar-refractivity contribution in [2.75, 3.05) is 11.9 Å². The number of carbonyl (C=O) groups excluding carboxylic acids is 1. The largest absolute Gasteiger partial charge is 0.337 e. The molecule has 1 atom stereocenters. The molecule has 2 aromatic carbocycles. The first-order valence-corrected chi connectivity index (χ1v) is 9.48. The third kappa shape index (κ3) is 5.82. The quantitative estimate of drug-likeness (QED) is 0.565. The highest BCUT2D eigenvalue weighted by atomic mass is 35.5. The predicted molar refractivity (Wildman–Crippen MR) is 108 cm³/mol. The van der Waals surface area contributed by atoms with Crippen LogP contribution in [-0.2, 0) is 11.3 Å². The summed E-state index contributed by atoms with van der Waals surface area (Å²) in [4.78, 5) is 17.0. The number of amides is 1. The summed E-state index contributed by atoms with van der Waals surface area (Å²) in [5.41, 5.74) is 1.54. The molecule has 0 saturated carbocycles. The molecule has 27 heavy (non-hydrogen) atoms. The highest BCUT2D eigenvalue weighted by Gasteiger charge is 2.24. The summed E-state index contributed by atoms with van der Waals surface area (Å²) in [5, 5.41) is 5.94. The molecule has 7 heteroatoms. The van der Waals surface area contributed by atoms with E-state index in [0.29, 0.717) is 15.7 Å². The number of nitrogens with zero attached hydrogens (tertiary/aromatic N) is 2. The topological polar surface area (TPSA) is 63.5 Å². The third-order valence-corrected chi connectivity index (χ3v) is 4.59. The second kappa shape index (κ2) is 9.55. The SMILES string of the molecule is O=C(Nc1cc(Cl)cc(Cl)c1)[C@@H]([NH2+]CCCn1ccnc1)c1ccccc1. The van der Waals surface area contributed by atoms with Crippen molar-refractivity contribution < 1.29 is 10.1 Å². The number of nitrogens with one attached hydrogen (secondary N) is 1. The first kappa shape index (κ1) is 19.4. The molecule has 0 bridgehead atoms. The molecule has 0 aliphatic carbocycles. The van der Waals surface area contributed by atoms with Gasteiger partial charge in [0.05, 0.1) is 12.9 Å². The smallest absolute Gasteiger partial charge is 0.287 e. The zero-order valence-corrected chi connectivity index (χ0v) is 16.2. The molecule has 140 valence electrons. The first-order valence-electron chi connectivity index (χ1n) is 8.73. The molecule has 0 saturated heterocycles. The Morgan fingerprint density at radius 2 is 1.89 bits per heavy atom. The number of rotatable bonds is 8. The van der Waals surface area contributed by atoms with Gasteiger partial charge in [-0.05, 0) is 18.2 Å². The molecular weight excluding hydrogens is 383 g/mol. The fourth-order valence-electron chi connectivity index (χ4n) is 2.88. The molecule has 5 nitrogen and oxygen atoms in total. The molecule has 3 N–H and O–H groups in total. The second-order valence-electron chi connectivity index (χ2n) is 6.21. The number of nitrogens with two attached hydrogens (primary N) is 1. The fourth-order valence-corrected chi connectivity index (χ4v) is 3.40. The van der Waals surface area contributed by atoms with Crippen LogP contribution in [-0.4, -0.2) is 22.0 Å². The summed E-state index contributed by atoms with van der Waals surface area (Å²) in [6.45, 7) is 1.67. The van der Waals surface area contributed by atoms with E-state index in [1.807, 2.05) is 46.4 Å². The van der Waals surface area contributed by atoms with Crippen molar-refractivity contribution in [3.8, 4) is 0 Å². The lowest BCUT2D eigenvalue weighted by molar-refractivity contribution is -0.682. The van der Waals surface area contributed by atoms with Gasteiger partial charge in [0.1, 0.15) is 0 Å². The van der Waals surface area contributed by atoms with Crippen LogP contribution in [0, 0.1) is 0 Å². The van der Waals surface area contributed by atoms with E-state index in [9.17, 15) is 4.79 Å². The Hall–Kier alpha value is -2.34. The minimum atomic E-state index is -0.355. The second-order valence-corrected chi connectivity index (χ2v) is 7.09. The normalized spacial score (nSPS) is 11.9. The van der Waals surface area contributed by atoms with Crippen LogP contribution in [0.4, 0.5) is 5.69 Å². The van der Waals surface area contributed by atoms with Gasteiger partial charge >= 0.3 is 0 Å². The predicted octanol–water partition coefficient (Wildman–Crippen LogP) is 3.52. The molecule has 3 rings (SSSR count). The molecule has 0 spiro atoms. The summed E-state index contributed by atoms with van der Waals surface area (Å²) in [6.07, 6.45) is 6.42. The van der Waals surface area contributed by atoms with Gasteiger partial charge in [0, 0.05) is 46.7 Å². The highest BCUT2D eigenvalue weighted by Crippen LogP contribution is 2.23. The van der Waals surface area contributed by atoms with Crippen molar-refractivity contribution in [3.63, 3.8) is 0 Å². The number of anilines is 1. The van der Waals surface area contributed by atoms with E-state index < -0.39 is 0 Å². The van der Waals surface area contributed by atoms with Gasteiger partial charge in [0.15, 0.2) is 6.04 Å². The summed E-state index contributed by atoms with van der Waals surface area (Å²) >= 11 is 12.1. The van der Waals surface area contributed by atoms with Crippen molar-refractivity contribution in [1.29, 1.82) is 0 Å². The van der Waals surface area contributed by atoms with Crippen LogP contribution in [0.3, 0.4) is 0 Å². The third-order valence-electron chi connectivity index (χ3n) is 4.15. The monoisotopic (exact) mass is 403 g/mol. The number of quaternary nitrogens is 1. The van der Waals surface area contributed by atoms with Crippen molar-refractivity contribution in [1.82, 2.24) is 9.55 Å². The van der Waals surface area contributed by atoms with Crippen LogP contribution in [0.25, 0.3) is 0 Å². The lowest BCUT2D eigenvalue weighted by Gasteiger charge is -2.16. The number of aromatic nitrogens is 2. The van der Waals surface area contributed by atoms with Crippen molar-refractivity contribution in [2.24, 2.45) is 0 Å². The Bertz CT molecular complexity index is 849. The van der Waals surface area contributed by atoms with E-state index in [-0.39, 0.29) is 11.9 Å². The number of aryl methyl sites for hydroxylation is 1. The maximum absolute atomic E-state index is 12.9. The Kier molecular flexibility index (Phi) is 6.87. The van der Waals surface area contributed by atoms with Gasteiger partial charge < -0.3 is 15.2 Å². The highest BCUT2D eigenvalue weighted by molar-refractivity contribution is 6.35. The standard InChI is InChI=1S/C20H20Cl2N4O/c21-16-11-17(22)13-18(12-16)25-20(27)19(15-5-2-1-3-6-15)24-7-4-9-26-10-8-23-14-26/h1-3,5-6,8,10-14,19,24H,4,7,9H2,(H,25,27)/p+1/t19-/m0/s1. The molecule has 0 aliphatic heterocycles. The molecule has 0 unspecified atom stereocenters. The van der Waals surface area contributed by atoms with Gasteiger partial charge in [-0.3, -0.25) is 4.79 Å². The number of hydrogen-bond acceptors (Lipinski definition) is 2. The first-order chi connectivity index (χ1) is 13.1. The van der Waals surface area contributed by atoms with Gasteiger partial charge in [0.2, 0.25) is 0 Å². The van der Waals surface area contributed by atoms with E-state index in [1.165, 1.54) is 0 Å². The van der Waals surface area contributed by atoms with Crippen LogP contribution in [0.5, 0.6) is 0 Å². The van der Waals surface area contributed by atoms with Gasteiger partial charge in [-0.25, -0.2) is 4.98 Å². The van der Waals surface area contributed by atoms with Crippen molar-refractivity contribution in [3.05, 3.63) is 82.9 Å². The zero-order chi connectivity index (χ0) is 19.1. The molecular formula is C20H21Cl2N4O+. The molecule has 1 amide bonds. The Morgan fingerprint density at radius 3 is 2.56 bits per heavy atom. The molecule has 0 aliphatic rings.